The second kappa shape index (κ2) is 7.29. The predicted octanol–water partition coefficient (Wildman–Crippen LogP) is 3.69. The van der Waals surface area contributed by atoms with Crippen LogP contribution < -0.4 is 19.5 Å². The summed E-state index contributed by atoms with van der Waals surface area (Å²) in [6.07, 6.45) is 2.10. The molecule has 1 heterocycles. The van der Waals surface area contributed by atoms with Crippen LogP contribution in [0.25, 0.3) is 0 Å². The van der Waals surface area contributed by atoms with Gasteiger partial charge >= 0.3 is 0 Å². The number of methoxy groups -OCH3 is 2. The van der Waals surface area contributed by atoms with Crippen LogP contribution in [0.4, 0.5) is 0 Å². The summed E-state index contributed by atoms with van der Waals surface area (Å²) < 4.78 is 17.2. The lowest BCUT2D eigenvalue weighted by Gasteiger charge is -2.37. The molecule has 2 saturated carbocycles. The summed E-state index contributed by atoms with van der Waals surface area (Å²) in [6, 6.07) is 11.4. The molecular formula is C25H27NO5. The van der Waals surface area contributed by atoms with Gasteiger partial charge in [-0.1, -0.05) is 23.8 Å². The molecule has 2 aromatic carbocycles. The molecule has 6 heteroatoms. The fourth-order valence-electron chi connectivity index (χ4n) is 5.68. The van der Waals surface area contributed by atoms with E-state index in [1.165, 1.54) is 0 Å². The van der Waals surface area contributed by atoms with E-state index in [4.69, 9.17) is 14.2 Å². The van der Waals surface area contributed by atoms with Gasteiger partial charge in [0.1, 0.15) is 11.4 Å². The van der Waals surface area contributed by atoms with Crippen LogP contribution in [0.15, 0.2) is 36.4 Å². The SMILES string of the molecule is COc1cccc(CNC(=O)[C@@H]2[C@@H]3CC[C@@]4(CC(=O)c5cc(C)ccc5O4)[C@@H]32)c1OC. The molecule has 162 valence electrons. The Kier molecular flexibility index (Phi) is 4.68. The van der Waals surface area contributed by atoms with Crippen molar-refractivity contribution in [3.05, 3.63) is 53.1 Å². The Hall–Kier alpha value is -3.02. The van der Waals surface area contributed by atoms with Crippen LogP contribution in [-0.4, -0.2) is 31.5 Å². The third-order valence-corrected chi connectivity index (χ3v) is 7.13. The van der Waals surface area contributed by atoms with E-state index < -0.39 is 5.60 Å². The van der Waals surface area contributed by atoms with Crippen molar-refractivity contribution in [1.29, 1.82) is 0 Å². The molecule has 2 fully saturated rings. The number of para-hydroxylation sites is 1. The second-order valence-electron chi connectivity index (χ2n) is 8.89. The third-order valence-electron chi connectivity index (χ3n) is 7.13. The van der Waals surface area contributed by atoms with Gasteiger partial charge in [-0.15, -0.1) is 0 Å². The normalized spacial score (nSPS) is 27.8. The van der Waals surface area contributed by atoms with Gasteiger partial charge in [0.2, 0.25) is 5.91 Å². The molecule has 1 aliphatic heterocycles. The van der Waals surface area contributed by atoms with Crippen molar-refractivity contribution in [3.8, 4) is 17.2 Å². The van der Waals surface area contributed by atoms with E-state index in [1.807, 2.05) is 43.3 Å². The summed E-state index contributed by atoms with van der Waals surface area (Å²) >= 11 is 0. The quantitative estimate of drug-likeness (QED) is 0.797. The first kappa shape index (κ1) is 19.9. The largest absolute Gasteiger partial charge is 0.493 e. The molecule has 5 rings (SSSR count). The molecule has 1 spiro atoms. The number of carbonyl (C=O) groups is 2. The van der Waals surface area contributed by atoms with Gasteiger partial charge in [-0.3, -0.25) is 9.59 Å². The summed E-state index contributed by atoms with van der Waals surface area (Å²) in [4.78, 5) is 25.9. The molecule has 0 unspecified atom stereocenters. The van der Waals surface area contributed by atoms with Gasteiger partial charge in [-0.25, -0.2) is 0 Å². The van der Waals surface area contributed by atoms with Crippen molar-refractivity contribution in [3.63, 3.8) is 0 Å². The molecule has 3 aliphatic rings. The molecule has 0 radical (unpaired) electrons. The van der Waals surface area contributed by atoms with Gasteiger partial charge in [-0.2, -0.15) is 0 Å². The maximum atomic E-state index is 13.0. The zero-order chi connectivity index (χ0) is 21.8. The molecule has 6 nitrogen and oxygen atoms in total. The third kappa shape index (κ3) is 3.16. The summed E-state index contributed by atoms with van der Waals surface area (Å²) in [7, 11) is 3.19. The van der Waals surface area contributed by atoms with Gasteiger partial charge in [0.15, 0.2) is 17.3 Å². The highest BCUT2D eigenvalue weighted by atomic mass is 16.5. The van der Waals surface area contributed by atoms with E-state index in [0.29, 0.717) is 35.8 Å². The van der Waals surface area contributed by atoms with E-state index >= 15 is 0 Å². The molecular weight excluding hydrogens is 394 g/mol. The fraction of sp³-hybridized carbons (Fsp3) is 0.440. The average molecular weight is 421 g/mol. The van der Waals surface area contributed by atoms with Gasteiger partial charge in [-0.05, 0) is 43.9 Å². The minimum absolute atomic E-state index is 0.0182. The van der Waals surface area contributed by atoms with Crippen molar-refractivity contribution >= 4 is 11.7 Å². The van der Waals surface area contributed by atoms with Gasteiger partial charge in [0.05, 0.1) is 26.2 Å². The lowest BCUT2D eigenvalue weighted by Crippen LogP contribution is -2.44. The fourth-order valence-corrected chi connectivity index (χ4v) is 5.68. The molecule has 0 bridgehead atoms. The van der Waals surface area contributed by atoms with E-state index in [-0.39, 0.29) is 29.4 Å². The Morgan fingerprint density at radius 3 is 2.84 bits per heavy atom. The number of carbonyl (C=O) groups excluding carboxylic acids is 2. The van der Waals surface area contributed by atoms with Crippen molar-refractivity contribution in [2.75, 3.05) is 14.2 Å². The highest BCUT2D eigenvalue weighted by molar-refractivity contribution is 6.01. The highest BCUT2D eigenvalue weighted by Crippen LogP contribution is 2.65. The number of Topliss-reactive ketones (excluding diaryl/α,β-unsaturated/α-hetero) is 1. The monoisotopic (exact) mass is 421 g/mol. The first-order valence-electron chi connectivity index (χ1n) is 10.8. The van der Waals surface area contributed by atoms with Gasteiger partial charge < -0.3 is 19.5 Å². The second-order valence-corrected chi connectivity index (χ2v) is 8.89. The Morgan fingerprint density at radius 1 is 1.23 bits per heavy atom. The minimum atomic E-state index is -0.542. The molecule has 2 aromatic rings. The number of ether oxygens (including phenoxy) is 3. The van der Waals surface area contributed by atoms with Gasteiger partial charge in [0.25, 0.3) is 0 Å². The van der Waals surface area contributed by atoms with Crippen LogP contribution in [0.3, 0.4) is 0 Å². The summed E-state index contributed by atoms with van der Waals surface area (Å²) in [5.74, 6) is 2.35. The van der Waals surface area contributed by atoms with Crippen molar-refractivity contribution in [1.82, 2.24) is 5.32 Å². The number of aryl methyl sites for hydroxylation is 1. The van der Waals surface area contributed by atoms with Crippen LogP contribution in [0.5, 0.6) is 17.2 Å². The van der Waals surface area contributed by atoms with E-state index in [9.17, 15) is 9.59 Å². The topological polar surface area (TPSA) is 73.9 Å². The zero-order valence-electron chi connectivity index (χ0n) is 18.1. The highest BCUT2D eigenvalue weighted by Gasteiger charge is 2.70. The van der Waals surface area contributed by atoms with Crippen LogP contribution in [-0.2, 0) is 11.3 Å². The number of amides is 1. The molecule has 4 atom stereocenters. The first-order chi connectivity index (χ1) is 15.0. The minimum Gasteiger partial charge on any atom is -0.493 e. The molecule has 1 N–H and O–H groups in total. The number of nitrogens with one attached hydrogen (secondary N) is 1. The number of hydrogen-bond donors (Lipinski definition) is 1. The zero-order valence-corrected chi connectivity index (χ0v) is 18.1. The van der Waals surface area contributed by atoms with Crippen LogP contribution in [0, 0.1) is 24.7 Å². The van der Waals surface area contributed by atoms with E-state index in [0.717, 1.165) is 24.0 Å². The smallest absolute Gasteiger partial charge is 0.224 e. The maximum absolute atomic E-state index is 13.0. The van der Waals surface area contributed by atoms with E-state index in [2.05, 4.69) is 5.32 Å². The van der Waals surface area contributed by atoms with Crippen LogP contribution in [0.2, 0.25) is 0 Å². The Morgan fingerprint density at radius 2 is 2.06 bits per heavy atom. The predicted molar refractivity (Wildman–Crippen MR) is 115 cm³/mol. The maximum Gasteiger partial charge on any atom is 0.224 e. The Labute approximate surface area is 181 Å². The standard InChI is InChI=1S/C25H27NO5/c1-14-7-8-19-17(11-14)18(27)12-25(31-19)10-9-16-21(22(16)25)24(28)26-13-15-5-4-6-20(29-2)23(15)30-3/h4-8,11,16,21-22H,9-10,12-13H2,1-3H3,(H,26,28)/t16-,21+,22-,25+/m0/s1. The Bertz CT molecular complexity index is 1060. The first-order valence-corrected chi connectivity index (χ1v) is 10.8. The number of benzene rings is 2. The van der Waals surface area contributed by atoms with Crippen LogP contribution in [0.1, 0.15) is 40.7 Å². The molecule has 31 heavy (non-hydrogen) atoms. The van der Waals surface area contributed by atoms with Gasteiger partial charge in [0, 0.05) is 23.9 Å². The van der Waals surface area contributed by atoms with E-state index in [1.54, 1.807) is 14.2 Å². The molecule has 1 amide bonds. The number of rotatable bonds is 5. The molecule has 0 aromatic heterocycles. The lowest BCUT2D eigenvalue weighted by molar-refractivity contribution is -0.124. The lowest BCUT2D eigenvalue weighted by atomic mass is 9.84. The molecule has 2 aliphatic carbocycles. The molecule has 0 saturated heterocycles. The van der Waals surface area contributed by atoms with Crippen molar-refractivity contribution in [2.24, 2.45) is 17.8 Å². The average Bonchev–Trinajstić information content (AvgIpc) is 3.42. The number of ketones is 1. The van der Waals surface area contributed by atoms with Crippen molar-refractivity contribution < 1.29 is 23.8 Å². The Balaban J connectivity index is 1.30. The van der Waals surface area contributed by atoms with Crippen LogP contribution >= 0.6 is 0 Å². The number of fused-ring (bicyclic) bond motifs is 3. The van der Waals surface area contributed by atoms with Crippen molar-refractivity contribution in [2.45, 2.75) is 38.3 Å². The summed E-state index contributed by atoms with van der Waals surface area (Å²) in [5, 5.41) is 3.06. The summed E-state index contributed by atoms with van der Waals surface area (Å²) in [6.45, 7) is 2.34. The number of hydrogen-bond acceptors (Lipinski definition) is 5. The summed E-state index contributed by atoms with van der Waals surface area (Å²) in [5.41, 5.74) is 2.04.